The Hall–Kier alpha value is 3.22. The van der Waals surface area contributed by atoms with Crippen molar-refractivity contribution in [3.8, 4) is 0 Å². The van der Waals surface area contributed by atoms with E-state index in [0.29, 0.717) is 11.5 Å². The summed E-state index contributed by atoms with van der Waals surface area (Å²) in [6.45, 7) is 0. The van der Waals surface area contributed by atoms with Gasteiger partial charge >= 0.3 is 29.6 Å². The topological polar surface area (TPSA) is 114 Å². The Balaban J connectivity index is 0. The molecule has 1 heterocycles. The normalized spacial score (nSPS) is 24.7. The molecular formula is C6H10Na2O6S6-. The molecule has 0 aromatic carbocycles. The quantitative estimate of drug-likeness (QED) is 0.271. The van der Waals surface area contributed by atoms with Crippen molar-refractivity contribution in [1.29, 1.82) is 0 Å². The van der Waals surface area contributed by atoms with Crippen molar-refractivity contribution >= 4 is 93.0 Å². The SMILES string of the molecule is O=S(=O)([O-])CC1CSSCC(CS(=O)(=O)[O-])SS1.[Na+].[Na]. The smallest absolute Gasteiger partial charge is 0.748 e. The van der Waals surface area contributed by atoms with E-state index in [1.54, 1.807) is 0 Å². The standard InChI is InChI=1S/C6H12O6S6.2Na/c7-17(8,9)3-5-1-13-14-2-6(16-15-5)4-18(10,11)12;;/h5-6H,1-4H2,(H,7,8,9)(H,10,11,12);;/q;;+1/p-2. The van der Waals surface area contributed by atoms with E-state index < -0.39 is 31.7 Å². The molecule has 109 valence electrons. The third kappa shape index (κ3) is 13.6. The Bertz CT molecular complexity index is 422. The average Bonchev–Trinajstić information content (AvgIpc) is 2.12. The fraction of sp³-hybridized carbons (Fsp3) is 1.00. The summed E-state index contributed by atoms with van der Waals surface area (Å²) in [4.78, 5) is 0. The molecule has 1 fully saturated rings. The second-order valence-corrected chi connectivity index (χ2v) is 11.8. The molecule has 0 spiro atoms. The Morgan fingerprint density at radius 3 is 1.40 bits per heavy atom. The Morgan fingerprint density at radius 2 is 1.15 bits per heavy atom. The Labute approximate surface area is 179 Å². The monoisotopic (exact) mass is 416 g/mol. The minimum Gasteiger partial charge on any atom is -0.748 e. The summed E-state index contributed by atoms with van der Waals surface area (Å²) in [5.74, 6) is 0.0471. The molecule has 14 heteroatoms. The van der Waals surface area contributed by atoms with Crippen LogP contribution in [0, 0.1) is 0 Å². The first-order valence-corrected chi connectivity index (χ1v) is 12.5. The fourth-order valence-electron chi connectivity index (χ4n) is 1.07. The van der Waals surface area contributed by atoms with E-state index >= 15 is 0 Å². The molecule has 1 saturated heterocycles. The van der Waals surface area contributed by atoms with Crippen molar-refractivity contribution in [2.75, 3.05) is 23.0 Å². The zero-order valence-corrected chi connectivity index (χ0v) is 19.8. The number of hydrogen-bond acceptors (Lipinski definition) is 10. The molecule has 1 aliphatic rings. The van der Waals surface area contributed by atoms with Gasteiger partial charge in [-0.15, -0.1) is 0 Å². The van der Waals surface area contributed by atoms with E-state index in [2.05, 4.69) is 0 Å². The van der Waals surface area contributed by atoms with Crippen LogP contribution in [0.4, 0.5) is 0 Å². The molecular weight excluding hydrogens is 406 g/mol. The first-order chi connectivity index (χ1) is 8.16. The minimum atomic E-state index is -4.29. The average molecular weight is 417 g/mol. The minimum absolute atomic E-state index is 0. The largest absolute Gasteiger partial charge is 1.00 e. The van der Waals surface area contributed by atoms with Gasteiger partial charge in [-0.05, 0) is 0 Å². The van der Waals surface area contributed by atoms with Crippen molar-refractivity contribution in [2.45, 2.75) is 10.5 Å². The molecule has 6 nitrogen and oxygen atoms in total. The van der Waals surface area contributed by atoms with Gasteiger partial charge in [0, 0.05) is 51.6 Å². The van der Waals surface area contributed by atoms with Gasteiger partial charge in [0.05, 0.1) is 31.7 Å². The van der Waals surface area contributed by atoms with Gasteiger partial charge in [-0.1, -0.05) is 43.2 Å². The van der Waals surface area contributed by atoms with Crippen molar-refractivity contribution in [1.82, 2.24) is 0 Å². The van der Waals surface area contributed by atoms with Crippen LogP contribution in [-0.4, -0.2) is 89.0 Å². The third-order valence-corrected chi connectivity index (χ3v) is 10.0. The van der Waals surface area contributed by atoms with Gasteiger partial charge in [0.2, 0.25) is 0 Å². The van der Waals surface area contributed by atoms with Crippen LogP contribution in [0.3, 0.4) is 0 Å². The van der Waals surface area contributed by atoms with Crippen LogP contribution in [0.25, 0.3) is 0 Å². The molecule has 0 aliphatic carbocycles. The third-order valence-electron chi connectivity index (χ3n) is 1.70. The zero-order chi connectivity index (χ0) is 13.8. The maximum absolute atomic E-state index is 10.7. The summed E-state index contributed by atoms with van der Waals surface area (Å²) >= 11 is 0. The summed E-state index contributed by atoms with van der Waals surface area (Å²) in [6, 6.07) is 0. The number of rotatable bonds is 4. The molecule has 20 heavy (non-hydrogen) atoms. The second-order valence-electron chi connectivity index (χ2n) is 3.45. The first-order valence-electron chi connectivity index (χ1n) is 4.59. The van der Waals surface area contributed by atoms with Crippen molar-refractivity contribution in [3.05, 3.63) is 0 Å². The van der Waals surface area contributed by atoms with Crippen LogP contribution in [0.5, 0.6) is 0 Å². The van der Waals surface area contributed by atoms with Gasteiger partial charge in [-0.2, -0.15) is 0 Å². The van der Waals surface area contributed by atoms with Crippen LogP contribution in [0.1, 0.15) is 0 Å². The molecule has 1 radical (unpaired) electrons. The Kier molecular flexibility index (Phi) is 14.9. The zero-order valence-electron chi connectivity index (χ0n) is 10.9. The maximum Gasteiger partial charge on any atom is 1.00 e. The summed E-state index contributed by atoms with van der Waals surface area (Å²) < 4.78 is 64.0. The van der Waals surface area contributed by atoms with Gasteiger partial charge in [0.15, 0.2) is 0 Å². The number of hydrogen-bond donors (Lipinski definition) is 0. The fourth-order valence-corrected chi connectivity index (χ4v) is 10.9. The molecule has 1 rings (SSSR count). The van der Waals surface area contributed by atoms with E-state index in [4.69, 9.17) is 0 Å². The Morgan fingerprint density at radius 1 is 0.850 bits per heavy atom. The van der Waals surface area contributed by atoms with E-state index in [1.165, 1.54) is 43.2 Å². The van der Waals surface area contributed by atoms with E-state index in [0.717, 1.165) is 0 Å². The van der Waals surface area contributed by atoms with Gasteiger partial charge in [-0.25, -0.2) is 16.8 Å². The van der Waals surface area contributed by atoms with Crippen LogP contribution < -0.4 is 29.6 Å². The first kappa shape index (κ1) is 25.5. The van der Waals surface area contributed by atoms with Crippen LogP contribution in [-0.2, 0) is 20.2 Å². The van der Waals surface area contributed by atoms with Gasteiger partial charge < -0.3 is 9.11 Å². The molecule has 0 amide bonds. The molecule has 0 saturated carbocycles. The van der Waals surface area contributed by atoms with Crippen molar-refractivity contribution in [2.24, 2.45) is 0 Å². The van der Waals surface area contributed by atoms with E-state index in [1.807, 2.05) is 0 Å². The van der Waals surface area contributed by atoms with Crippen molar-refractivity contribution < 1.29 is 55.5 Å². The molecule has 2 atom stereocenters. The van der Waals surface area contributed by atoms with Gasteiger partial charge in [-0.3, -0.25) is 0 Å². The molecule has 1 aliphatic heterocycles. The predicted molar refractivity (Wildman–Crippen MR) is 82.6 cm³/mol. The van der Waals surface area contributed by atoms with E-state index in [-0.39, 0.29) is 69.6 Å². The molecule has 0 N–H and O–H groups in total. The molecule has 0 aromatic rings. The molecule has 2 unspecified atom stereocenters. The van der Waals surface area contributed by atoms with Crippen LogP contribution in [0.15, 0.2) is 0 Å². The molecule has 0 aromatic heterocycles. The van der Waals surface area contributed by atoms with E-state index in [9.17, 15) is 25.9 Å². The predicted octanol–water partition coefficient (Wildman–Crippen LogP) is -2.79. The van der Waals surface area contributed by atoms with Gasteiger partial charge in [0.25, 0.3) is 0 Å². The van der Waals surface area contributed by atoms with Crippen LogP contribution in [0.2, 0.25) is 0 Å². The second kappa shape index (κ2) is 11.7. The summed E-state index contributed by atoms with van der Waals surface area (Å²) in [6.07, 6.45) is 0. The summed E-state index contributed by atoms with van der Waals surface area (Å²) in [7, 11) is -3.46. The van der Waals surface area contributed by atoms with Crippen LogP contribution >= 0.6 is 43.2 Å². The molecule has 0 bridgehead atoms. The summed E-state index contributed by atoms with van der Waals surface area (Å²) in [5.41, 5.74) is 0. The van der Waals surface area contributed by atoms with Gasteiger partial charge in [0.1, 0.15) is 0 Å². The maximum atomic E-state index is 10.7. The van der Waals surface area contributed by atoms with Crippen molar-refractivity contribution in [3.63, 3.8) is 0 Å². The summed E-state index contributed by atoms with van der Waals surface area (Å²) in [5, 5.41) is -0.765.